The number of carbonyl (C=O) groups is 2. The summed E-state index contributed by atoms with van der Waals surface area (Å²) in [4.78, 5) is 28.0. The number of H-pyrrole nitrogens is 1. The van der Waals surface area contributed by atoms with Crippen LogP contribution in [0.3, 0.4) is 0 Å². The summed E-state index contributed by atoms with van der Waals surface area (Å²) >= 11 is 1.55. The second-order valence-electron chi connectivity index (χ2n) is 5.72. The number of amides is 1. The molecule has 0 spiro atoms. The van der Waals surface area contributed by atoms with Gasteiger partial charge in [-0.3, -0.25) is 4.79 Å². The number of aromatic amines is 1. The largest absolute Gasteiger partial charge is 0.451 e. The number of aryl methyl sites for hydroxylation is 1. The monoisotopic (exact) mass is 350 g/mol. The fourth-order valence-corrected chi connectivity index (χ4v) is 3.42. The second-order valence-corrected chi connectivity index (χ2v) is 6.70. The highest BCUT2D eigenvalue weighted by molar-refractivity contribution is 7.10. The minimum Gasteiger partial charge on any atom is -0.451 e. The zero-order valence-corrected chi connectivity index (χ0v) is 15.0. The Hall–Kier alpha value is -2.12. The van der Waals surface area contributed by atoms with E-state index in [-0.39, 0.29) is 24.2 Å². The number of ether oxygens (including phenoxy) is 1. The predicted octanol–water partition coefficient (Wildman–Crippen LogP) is 2.78. The number of aliphatic hydroxyl groups is 1. The van der Waals surface area contributed by atoms with Crippen LogP contribution in [0, 0.1) is 13.8 Å². The number of nitrogens with one attached hydrogen (secondary N) is 2. The minimum absolute atomic E-state index is 0.132. The van der Waals surface area contributed by atoms with Crippen molar-refractivity contribution in [1.82, 2.24) is 10.3 Å². The van der Waals surface area contributed by atoms with Crippen molar-refractivity contribution in [3.05, 3.63) is 44.9 Å². The van der Waals surface area contributed by atoms with Gasteiger partial charge in [0.15, 0.2) is 6.61 Å². The fourth-order valence-electron chi connectivity index (χ4n) is 2.69. The van der Waals surface area contributed by atoms with Crippen molar-refractivity contribution in [3.63, 3.8) is 0 Å². The van der Waals surface area contributed by atoms with Gasteiger partial charge in [0.2, 0.25) is 0 Å². The lowest BCUT2D eigenvalue weighted by atomic mass is 10.1. The van der Waals surface area contributed by atoms with E-state index >= 15 is 0 Å². The summed E-state index contributed by atoms with van der Waals surface area (Å²) in [5.41, 5.74) is 2.30. The topological polar surface area (TPSA) is 91.4 Å². The molecule has 6 nitrogen and oxygen atoms in total. The van der Waals surface area contributed by atoms with E-state index in [2.05, 4.69) is 10.3 Å². The van der Waals surface area contributed by atoms with Crippen LogP contribution in [-0.4, -0.2) is 28.6 Å². The minimum atomic E-state index is -0.683. The van der Waals surface area contributed by atoms with Crippen molar-refractivity contribution < 1.29 is 19.4 Å². The Kier molecular flexibility index (Phi) is 5.80. The van der Waals surface area contributed by atoms with Crippen LogP contribution < -0.4 is 5.32 Å². The first-order valence-corrected chi connectivity index (χ1v) is 8.56. The second kappa shape index (κ2) is 7.63. The molecule has 0 bridgehead atoms. The van der Waals surface area contributed by atoms with Crippen molar-refractivity contribution in [2.45, 2.75) is 39.8 Å². The normalized spacial score (nSPS) is 13.4. The van der Waals surface area contributed by atoms with Crippen LogP contribution in [0.5, 0.6) is 0 Å². The van der Waals surface area contributed by atoms with Crippen LogP contribution in [0.4, 0.5) is 0 Å². The molecule has 7 heteroatoms. The molecule has 0 unspecified atom stereocenters. The lowest BCUT2D eigenvalue weighted by molar-refractivity contribution is -0.124. The molecule has 0 aliphatic rings. The van der Waals surface area contributed by atoms with Gasteiger partial charge >= 0.3 is 5.97 Å². The number of carbonyl (C=O) groups excluding carboxylic acids is 2. The number of rotatable bonds is 6. The van der Waals surface area contributed by atoms with E-state index in [1.807, 2.05) is 24.4 Å². The molecular weight excluding hydrogens is 328 g/mol. The zero-order chi connectivity index (χ0) is 17.9. The Balaban J connectivity index is 1.93. The summed E-state index contributed by atoms with van der Waals surface area (Å²) in [7, 11) is 0. The summed E-state index contributed by atoms with van der Waals surface area (Å²) in [5, 5.41) is 14.5. The van der Waals surface area contributed by atoms with Crippen LogP contribution in [0.2, 0.25) is 0 Å². The molecule has 0 fully saturated rings. The summed E-state index contributed by atoms with van der Waals surface area (Å²) in [6.45, 7) is 6.68. The summed E-state index contributed by atoms with van der Waals surface area (Å²) < 4.78 is 5.08. The molecule has 3 N–H and O–H groups in total. The van der Waals surface area contributed by atoms with E-state index < -0.39 is 12.1 Å². The molecule has 0 saturated carbocycles. The van der Waals surface area contributed by atoms with Crippen LogP contribution in [-0.2, 0) is 9.53 Å². The van der Waals surface area contributed by atoms with Gasteiger partial charge in [0.05, 0.1) is 12.1 Å². The summed E-state index contributed by atoms with van der Waals surface area (Å²) in [6, 6.07) is 3.72. The fraction of sp³-hybridized carbons (Fsp3) is 0.412. The van der Waals surface area contributed by atoms with Gasteiger partial charge in [-0.2, -0.15) is 0 Å². The molecule has 130 valence electrons. The quantitative estimate of drug-likeness (QED) is 0.699. The lowest BCUT2D eigenvalue weighted by Crippen LogP contribution is -2.30. The Bertz CT molecular complexity index is 719. The highest BCUT2D eigenvalue weighted by Crippen LogP contribution is 2.24. The van der Waals surface area contributed by atoms with E-state index in [9.17, 15) is 14.7 Å². The van der Waals surface area contributed by atoms with Crippen LogP contribution in [0.1, 0.15) is 58.2 Å². The first-order chi connectivity index (χ1) is 11.3. The zero-order valence-electron chi connectivity index (χ0n) is 14.2. The maximum Gasteiger partial charge on any atom is 0.355 e. The number of hydrogen-bond acceptors (Lipinski definition) is 5. The molecule has 2 rings (SSSR count). The standard InChI is InChI=1S/C17H22N2O4S/c1-9-15(12(4)20)11(3)19-16(9)17(22)23-8-14(21)18-10(2)13-6-5-7-24-13/h5-7,10,12,19-20H,8H2,1-4H3,(H,18,21)/t10-,12+/m0/s1. The van der Waals surface area contributed by atoms with Crippen LogP contribution in [0.15, 0.2) is 17.5 Å². The van der Waals surface area contributed by atoms with Gasteiger partial charge in [-0.25, -0.2) is 4.79 Å². The molecule has 2 heterocycles. The number of thiophene rings is 1. The lowest BCUT2D eigenvalue weighted by Gasteiger charge is -2.12. The van der Waals surface area contributed by atoms with E-state index in [0.717, 1.165) is 4.88 Å². The SMILES string of the molecule is Cc1[nH]c(C(=O)OCC(=O)N[C@@H](C)c2cccs2)c(C)c1[C@@H](C)O. The van der Waals surface area contributed by atoms with Crippen molar-refractivity contribution >= 4 is 23.2 Å². The predicted molar refractivity (Wildman–Crippen MR) is 92.1 cm³/mol. The maximum absolute atomic E-state index is 12.2. The first-order valence-electron chi connectivity index (χ1n) is 7.68. The Morgan fingerprint density at radius 2 is 2.08 bits per heavy atom. The van der Waals surface area contributed by atoms with Crippen LogP contribution >= 0.6 is 11.3 Å². The molecule has 2 atom stereocenters. The van der Waals surface area contributed by atoms with Crippen molar-refractivity contribution in [1.29, 1.82) is 0 Å². The third-order valence-electron chi connectivity index (χ3n) is 3.80. The number of aromatic nitrogens is 1. The van der Waals surface area contributed by atoms with Gasteiger partial charge in [0.1, 0.15) is 5.69 Å². The summed E-state index contributed by atoms with van der Waals surface area (Å²) in [5.74, 6) is -0.970. The van der Waals surface area contributed by atoms with Crippen molar-refractivity contribution in [2.24, 2.45) is 0 Å². The molecule has 0 aliphatic carbocycles. The smallest absolute Gasteiger partial charge is 0.355 e. The molecule has 0 aliphatic heterocycles. The third-order valence-corrected chi connectivity index (χ3v) is 4.85. The third kappa shape index (κ3) is 4.04. The Labute approximate surface area is 144 Å². The average molecular weight is 350 g/mol. The molecule has 1 amide bonds. The van der Waals surface area contributed by atoms with E-state index in [4.69, 9.17) is 4.74 Å². The Morgan fingerprint density at radius 3 is 2.62 bits per heavy atom. The average Bonchev–Trinajstić information content (AvgIpc) is 3.12. The number of aliphatic hydroxyl groups excluding tert-OH is 1. The maximum atomic E-state index is 12.2. The van der Waals surface area contributed by atoms with Gasteiger partial charge in [0.25, 0.3) is 5.91 Å². The highest BCUT2D eigenvalue weighted by Gasteiger charge is 2.21. The van der Waals surface area contributed by atoms with E-state index in [1.165, 1.54) is 0 Å². The van der Waals surface area contributed by atoms with Crippen molar-refractivity contribution in [3.8, 4) is 0 Å². The highest BCUT2D eigenvalue weighted by atomic mass is 32.1. The molecule has 0 radical (unpaired) electrons. The van der Waals surface area contributed by atoms with Gasteiger partial charge in [-0.1, -0.05) is 6.07 Å². The first kappa shape index (κ1) is 18.2. The van der Waals surface area contributed by atoms with Gasteiger partial charge < -0.3 is 20.1 Å². The number of esters is 1. The van der Waals surface area contributed by atoms with E-state index in [1.54, 1.807) is 32.1 Å². The van der Waals surface area contributed by atoms with Gasteiger partial charge in [0, 0.05) is 16.1 Å². The van der Waals surface area contributed by atoms with Gasteiger partial charge in [-0.05, 0) is 44.7 Å². The molecule has 0 aromatic carbocycles. The number of hydrogen-bond donors (Lipinski definition) is 3. The molecular formula is C17H22N2O4S. The molecule has 24 heavy (non-hydrogen) atoms. The van der Waals surface area contributed by atoms with E-state index in [0.29, 0.717) is 16.8 Å². The van der Waals surface area contributed by atoms with Gasteiger partial charge in [-0.15, -0.1) is 11.3 Å². The van der Waals surface area contributed by atoms with Crippen molar-refractivity contribution in [2.75, 3.05) is 6.61 Å². The summed E-state index contributed by atoms with van der Waals surface area (Å²) in [6.07, 6.45) is -0.683. The molecule has 2 aromatic heterocycles. The molecule has 0 saturated heterocycles. The molecule has 2 aromatic rings. The van der Waals surface area contributed by atoms with Crippen LogP contribution in [0.25, 0.3) is 0 Å². The Morgan fingerprint density at radius 1 is 1.38 bits per heavy atom.